The van der Waals surface area contributed by atoms with E-state index in [4.69, 9.17) is 28.7 Å². The normalized spacial score (nSPS) is 13.5. The summed E-state index contributed by atoms with van der Waals surface area (Å²) in [6, 6.07) is 2.23. The Balaban J connectivity index is 3.16. The molecule has 0 fully saturated rings. The molecule has 1 rings (SSSR count). The van der Waals surface area contributed by atoms with Crippen molar-refractivity contribution in [3.05, 3.63) is 29.8 Å². The number of nitrogens with zero attached hydrogens (tertiary/aromatic N) is 1. The second kappa shape index (κ2) is 17.7. The number of rotatable bonds is 19. The Morgan fingerprint density at radius 3 is 1.81 bits per heavy atom. The largest absolute Gasteiger partial charge is 0.508 e. The number of guanidine groups is 1. The summed E-state index contributed by atoms with van der Waals surface area (Å²) in [6.07, 6.45) is 0.0284. The molecule has 16 nitrogen and oxygen atoms in total. The lowest BCUT2D eigenvalue weighted by molar-refractivity contribution is -0.134. The molecule has 0 heterocycles. The molecule has 0 saturated carbocycles. The fraction of sp³-hybridized carbons (Fsp3) is 0.500. The Kier molecular flexibility index (Phi) is 14.8. The van der Waals surface area contributed by atoms with E-state index in [0.717, 1.165) is 0 Å². The molecule has 6 amide bonds. The summed E-state index contributed by atoms with van der Waals surface area (Å²) in [6.45, 7) is 1.73. The summed E-state index contributed by atoms with van der Waals surface area (Å²) in [5, 5.41) is 17.2. The van der Waals surface area contributed by atoms with Crippen molar-refractivity contribution < 1.29 is 33.9 Å². The Morgan fingerprint density at radius 2 is 1.26 bits per heavy atom. The molecule has 0 aromatic heterocycles. The first-order valence-corrected chi connectivity index (χ1v) is 13.3. The molecule has 0 aliphatic carbocycles. The number of aromatic hydroxyl groups is 1. The van der Waals surface area contributed by atoms with Gasteiger partial charge < -0.3 is 49.7 Å². The third-order valence-electron chi connectivity index (χ3n) is 6.20. The fourth-order valence-electron chi connectivity index (χ4n) is 3.77. The van der Waals surface area contributed by atoms with Crippen LogP contribution in [0.1, 0.15) is 51.0 Å². The molecule has 4 atom stereocenters. The molecule has 1 aromatic carbocycles. The highest BCUT2D eigenvalue weighted by Crippen LogP contribution is 2.13. The highest BCUT2D eigenvalue weighted by Gasteiger charge is 2.30. The average molecular weight is 592 g/mol. The number of nitrogens with one attached hydrogen (secondary N) is 3. The maximum atomic E-state index is 13.3. The number of amides is 6. The zero-order valence-electron chi connectivity index (χ0n) is 23.5. The lowest BCUT2D eigenvalue weighted by Gasteiger charge is -2.25. The first-order chi connectivity index (χ1) is 19.7. The van der Waals surface area contributed by atoms with E-state index < -0.39 is 59.5 Å². The highest BCUT2D eigenvalue weighted by molar-refractivity contribution is 5.94. The molecule has 1 aromatic rings. The lowest BCUT2D eigenvalue weighted by atomic mass is 10.0. The molecule has 0 bridgehead atoms. The van der Waals surface area contributed by atoms with Crippen molar-refractivity contribution in [3.8, 4) is 5.75 Å². The topological polar surface area (TPSA) is 301 Å². The van der Waals surface area contributed by atoms with Crippen LogP contribution in [0.15, 0.2) is 29.3 Å². The molecule has 0 saturated heterocycles. The van der Waals surface area contributed by atoms with Crippen LogP contribution >= 0.6 is 0 Å². The van der Waals surface area contributed by atoms with Crippen LogP contribution in [0.4, 0.5) is 0 Å². The Bertz CT molecular complexity index is 1140. The zero-order valence-corrected chi connectivity index (χ0v) is 23.5. The summed E-state index contributed by atoms with van der Waals surface area (Å²) >= 11 is 0. The van der Waals surface area contributed by atoms with Gasteiger partial charge in [-0.05, 0) is 43.4 Å². The van der Waals surface area contributed by atoms with E-state index in [2.05, 4.69) is 20.9 Å². The number of phenols is 1. The third-order valence-corrected chi connectivity index (χ3v) is 6.20. The number of phenolic OH excluding ortho intramolecular Hbond substituents is 1. The average Bonchev–Trinajstić information content (AvgIpc) is 2.91. The van der Waals surface area contributed by atoms with Crippen LogP contribution < -0.4 is 44.6 Å². The van der Waals surface area contributed by atoms with Crippen molar-refractivity contribution >= 4 is 41.4 Å². The van der Waals surface area contributed by atoms with Gasteiger partial charge >= 0.3 is 0 Å². The van der Waals surface area contributed by atoms with Crippen molar-refractivity contribution in [1.82, 2.24) is 16.0 Å². The predicted molar refractivity (Wildman–Crippen MR) is 153 cm³/mol. The minimum Gasteiger partial charge on any atom is -0.508 e. The number of carbonyl (C=O) groups excluding carboxylic acids is 6. The summed E-state index contributed by atoms with van der Waals surface area (Å²) in [4.78, 5) is 77.7. The van der Waals surface area contributed by atoms with Gasteiger partial charge in [0.05, 0.1) is 0 Å². The molecule has 0 radical (unpaired) electrons. The second-order valence-electron chi connectivity index (χ2n) is 9.82. The zero-order chi connectivity index (χ0) is 31.8. The first-order valence-electron chi connectivity index (χ1n) is 13.3. The van der Waals surface area contributed by atoms with Gasteiger partial charge in [0.2, 0.25) is 35.4 Å². The number of benzene rings is 1. The maximum Gasteiger partial charge on any atom is 0.243 e. The lowest BCUT2D eigenvalue weighted by Crippen LogP contribution is -2.57. The molecular weight excluding hydrogens is 550 g/mol. The SMILES string of the molecule is CC(CCC(N)=O)C(=O)NC(CCC(N)=O)C(=O)NC(Cc1ccc(O)cc1)C(=O)NC(CCCN=C(N)N)C(N)=O. The van der Waals surface area contributed by atoms with Gasteiger partial charge in [0.1, 0.15) is 23.9 Å². The van der Waals surface area contributed by atoms with Crippen molar-refractivity contribution in [1.29, 1.82) is 0 Å². The predicted octanol–water partition coefficient (Wildman–Crippen LogP) is -2.90. The van der Waals surface area contributed by atoms with E-state index in [1.54, 1.807) is 6.92 Å². The quantitative estimate of drug-likeness (QED) is 0.0452. The van der Waals surface area contributed by atoms with Gasteiger partial charge in [0, 0.05) is 31.7 Å². The number of hydrogen-bond donors (Lipinski definition) is 9. The summed E-state index contributed by atoms with van der Waals surface area (Å²) in [5.74, 6) is -5.09. The van der Waals surface area contributed by atoms with E-state index >= 15 is 0 Å². The molecule has 0 spiro atoms. The van der Waals surface area contributed by atoms with Crippen LogP contribution in [0.2, 0.25) is 0 Å². The Morgan fingerprint density at radius 1 is 0.738 bits per heavy atom. The van der Waals surface area contributed by atoms with Crippen molar-refractivity contribution in [3.63, 3.8) is 0 Å². The van der Waals surface area contributed by atoms with Crippen LogP contribution in [0.3, 0.4) is 0 Å². The number of nitrogens with two attached hydrogens (primary N) is 5. The van der Waals surface area contributed by atoms with E-state index in [9.17, 15) is 33.9 Å². The fourth-order valence-corrected chi connectivity index (χ4v) is 3.77. The molecule has 0 aliphatic heterocycles. The highest BCUT2D eigenvalue weighted by atomic mass is 16.3. The van der Waals surface area contributed by atoms with E-state index in [1.807, 2.05) is 0 Å². The molecule has 0 aliphatic rings. The molecule has 42 heavy (non-hydrogen) atoms. The van der Waals surface area contributed by atoms with E-state index in [0.29, 0.717) is 12.0 Å². The van der Waals surface area contributed by atoms with Crippen LogP contribution in [-0.2, 0) is 35.2 Å². The smallest absolute Gasteiger partial charge is 0.243 e. The van der Waals surface area contributed by atoms with Crippen molar-refractivity contribution in [2.75, 3.05) is 6.54 Å². The number of carbonyl (C=O) groups is 6. The Labute approximate surface area is 243 Å². The third kappa shape index (κ3) is 14.0. The van der Waals surface area contributed by atoms with Crippen LogP contribution in [0.25, 0.3) is 0 Å². The minimum absolute atomic E-state index is 0.0157. The van der Waals surface area contributed by atoms with Gasteiger partial charge in [0.25, 0.3) is 0 Å². The van der Waals surface area contributed by atoms with Gasteiger partial charge in [0.15, 0.2) is 5.96 Å². The van der Waals surface area contributed by atoms with Gasteiger partial charge in [-0.1, -0.05) is 19.1 Å². The first kappa shape index (κ1) is 35.1. The number of aliphatic imine (C=N–C) groups is 1. The summed E-state index contributed by atoms with van der Waals surface area (Å²) in [5.41, 5.74) is 27.0. The monoisotopic (exact) mass is 591 g/mol. The van der Waals surface area contributed by atoms with E-state index in [-0.39, 0.29) is 56.8 Å². The van der Waals surface area contributed by atoms with Crippen LogP contribution in [-0.4, -0.2) is 71.2 Å². The molecule has 16 heteroatoms. The van der Waals surface area contributed by atoms with Gasteiger partial charge in [-0.2, -0.15) is 0 Å². The molecule has 4 unspecified atom stereocenters. The number of primary amides is 3. The van der Waals surface area contributed by atoms with Gasteiger partial charge in [-0.25, -0.2) is 0 Å². The van der Waals surface area contributed by atoms with E-state index in [1.165, 1.54) is 24.3 Å². The van der Waals surface area contributed by atoms with Crippen molar-refractivity contribution in [2.24, 2.45) is 39.6 Å². The van der Waals surface area contributed by atoms with Crippen LogP contribution in [0.5, 0.6) is 5.75 Å². The Hall–Kier alpha value is -4.89. The van der Waals surface area contributed by atoms with Gasteiger partial charge in [-0.3, -0.25) is 33.8 Å². The second-order valence-corrected chi connectivity index (χ2v) is 9.82. The van der Waals surface area contributed by atoms with Gasteiger partial charge in [-0.15, -0.1) is 0 Å². The number of hydrogen-bond acceptors (Lipinski definition) is 8. The molecular formula is C26H41N9O7. The van der Waals surface area contributed by atoms with Crippen LogP contribution in [0, 0.1) is 5.92 Å². The molecule has 14 N–H and O–H groups in total. The summed E-state index contributed by atoms with van der Waals surface area (Å²) in [7, 11) is 0. The molecule has 232 valence electrons. The van der Waals surface area contributed by atoms with Crippen molar-refractivity contribution in [2.45, 2.75) is 70.0 Å². The standard InChI is InChI=1S/C26H41N9O7/c1-14(4-10-20(27)37)23(40)34-18(9-11-21(28)38)24(41)35-19(13-15-5-7-16(36)8-6-15)25(42)33-17(22(29)39)3-2-12-32-26(30)31/h5-8,14,17-19,36H,2-4,9-13H2,1H3,(H2,27,37)(H2,28,38)(H2,29,39)(H,33,42)(H,34,40)(H,35,41)(H4,30,31,32). The maximum absolute atomic E-state index is 13.3. The minimum atomic E-state index is -1.26. The summed E-state index contributed by atoms with van der Waals surface area (Å²) < 4.78 is 0.